The van der Waals surface area contributed by atoms with Crippen LogP contribution in [0.1, 0.15) is 303 Å². The lowest BCUT2D eigenvalue weighted by atomic mass is 10.0. The van der Waals surface area contributed by atoms with Crippen LogP contribution in [0.3, 0.4) is 0 Å². The van der Waals surface area contributed by atoms with E-state index in [2.05, 4.69) is 19.2 Å². The van der Waals surface area contributed by atoms with Gasteiger partial charge < -0.3 is 20.1 Å². The molecule has 0 rings (SSSR count). The van der Waals surface area contributed by atoms with E-state index in [1.165, 1.54) is 238 Å². The summed E-state index contributed by atoms with van der Waals surface area (Å²) in [5.74, 6) is -0.496. The standard InChI is InChI=1S/C54H108NO8P/c1-3-5-7-9-11-13-15-17-19-21-23-24-25-26-27-29-31-33-35-37-39-41-43-45-47-54(58)61-50-52(56)51-63-64(59,60)62-49-48-55-53(57)46-44-42-40-38-36-34-32-30-28-22-20-18-16-14-12-10-8-6-4-2/h52,56H,3-51H2,1-2H3,(H,55,57)(H,59,60). The lowest BCUT2D eigenvalue weighted by molar-refractivity contribution is -0.147. The third kappa shape index (κ3) is 52.0. The maximum atomic E-state index is 12.2. The molecule has 0 aromatic heterocycles. The maximum Gasteiger partial charge on any atom is 0.472 e. The molecule has 0 aliphatic heterocycles. The fraction of sp³-hybridized carbons (Fsp3) is 0.963. The highest BCUT2D eigenvalue weighted by atomic mass is 31.2. The number of phosphoric acid groups is 1. The van der Waals surface area contributed by atoms with Crippen molar-refractivity contribution in [2.24, 2.45) is 0 Å². The normalized spacial score (nSPS) is 13.0. The quantitative estimate of drug-likeness (QED) is 0.0312. The summed E-state index contributed by atoms with van der Waals surface area (Å²) < 4.78 is 27.1. The second-order valence-corrected chi connectivity index (χ2v) is 20.7. The second kappa shape index (κ2) is 51.4. The zero-order valence-electron chi connectivity index (χ0n) is 42.5. The van der Waals surface area contributed by atoms with Crippen LogP contribution in [-0.4, -0.2) is 54.3 Å². The molecule has 3 N–H and O–H groups in total. The predicted octanol–water partition coefficient (Wildman–Crippen LogP) is 16.7. The molecular weight excluding hydrogens is 822 g/mol. The van der Waals surface area contributed by atoms with E-state index in [-0.39, 0.29) is 25.7 Å². The summed E-state index contributed by atoms with van der Waals surface area (Å²) in [6.07, 6.45) is 56.3. The van der Waals surface area contributed by atoms with Crippen LogP contribution in [0.4, 0.5) is 0 Å². The third-order valence-corrected chi connectivity index (χ3v) is 13.8. The van der Waals surface area contributed by atoms with Crippen molar-refractivity contribution in [1.29, 1.82) is 0 Å². The Bertz CT molecular complexity index is 1020. The molecule has 0 heterocycles. The van der Waals surface area contributed by atoms with Gasteiger partial charge in [-0.3, -0.25) is 18.6 Å². The molecule has 0 aliphatic rings. The number of unbranched alkanes of at least 4 members (excludes halogenated alkanes) is 41. The van der Waals surface area contributed by atoms with Gasteiger partial charge in [0, 0.05) is 19.4 Å². The Morgan fingerprint density at radius 2 is 0.703 bits per heavy atom. The number of hydrogen-bond donors (Lipinski definition) is 3. The minimum atomic E-state index is -4.42. The van der Waals surface area contributed by atoms with Crippen LogP contribution in [0.25, 0.3) is 0 Å². The summed E-state index contributed by atoms with van der Waals surface area (Å²) in [7, 11) is -4.42. The molecular formula is C54H108NO8P. The van der Waals surface area contributed by atoms with Gasteiger partial charge in [-0.15, -0.1) is 0 Å². The monoisotopic (exact) mass is 930 g/mol. The van der Waals surface area contributed by atoms with E-state index in [0.717, 1.165) is 38.5 Å². The van der Waals surface area contributed by atoms with Gasteiger partial charge in [-0.2, -0.15) is 0 Å². The van der Waals surface area contributed by atoms with Gasteiger partial charge in [0.1, 0.15) is 12.7 Å². The van der Waals surface area contributed by atoms with Crippen molar-refractivity contribution in [1.82, 2.24) is 5.32 Å². The summed E-state index contributed by atoms with van der Waals surface area (Å²) in [6, 6.07) is 0. The third-order valence-electron chi connectivity index (χ3n) is 12.8. The summed E-state index contributed by atoms with van der Waals surface area (Å²) in [5, 5.41) is 12.8. The highest BCUT2D eigenvalue weighted by Gasteiger charge is 2.23. The number of phosphoric ester groups is 1. The molecule has 2 unspecified atom stereocenters. The van der Waals surface area contributed by atoms with E-state index in [1.807, 2.05) is 0 Å². The van der Waals surface area contributed by atoms with Crippen molar-refractivity contribution >= 4 is 19.7 Å². The van der Waals surface area contributed by atoms with E-state index in [9.17, 15) is 24.2 Å². The van der Waals surface area contributed by atoms with Crippen molar-refractivity contribution in [3.63, 3.8) is 0 Å². The first kappa shape index (κ1) is 63.0. The maximum absolute atomic E-state index is 12.2. The first-order valence-electron chi connectivity index (χ1n) is 28.0. The number of nitrogens with one attached hydrogen (secondary N) is 1. The number of carbonyl (C=O) groups excluding carboxylic acids is 2. The highest BCUT2D eigenvalue weighted by Crippen LogP contribution is 2.42. The number of ether oxygens (including phenoxy) is 1. The summed E-state index contributed by atoms with van der Waals surface area (Å²) in [5.41, 5.74) is 0. The first-order chi connectivity index (χ1) is 31.3. The van der Waals surface area contributed by atoms with Crippen molar-refractivity contribution in [3.8, 4) is 0 Å². The molecule has 1 amide bonds. The zero-order valence-corrected chi connectivity index (χ0v) is 43.4. The van der Waals surface area contributed by atoms with Gasteiger partial charge in [-0.05, 0) is 12.8 Å². The van der Waals surface area contributed by atoms with Crippen LogP contribution in [0.15, 0.2) is 0 Å². The Labute approximate surface area is 396 Å². The number of hydrogen-bond acceptors (Lipinski definition) is 7. The SMILES string of the molecule is CCCCCCCCCCCCCCCCCCCCCCCCCCC(=O)OCC(O)COP(=O)(O)OCCNC(=O)CCCCCCCCCCCCCCCCCCCCC. The molecule has 0 aromatic rings. The lowest BCUT2D eigenvalue weighted by Crippen LogP contribution is -2.27. The Hall–Kier alpha value is -0.990. The van der Waals surface area contributed by atoms with Gasteiger partial charge >= 0.3 is 13.8 Å². The Morgan fingerprint density at radius 3 is 1.02 bits per heavy atom. The van der Waals surface area contributed by atoms with Crippen LogP contribution >= 0.6 is 7.82 Å². The minimum absolute atomic E-state index is 0.0889. The molecule has 382 valence electrons. The number of aliphatic hydroxyl groups excluding tert-OH is 1. The van der Waals surface area contributed by atoms with Gasteiger partial charge in [-0.1, -0.05) is 277 Å². The van der Waals surface area contributed by atoms with Crippen LogP contribution in [-0.2, 0) is 27.9 Å². The topological polar surface area (TPSA) is 131 Å². The number of esters is 1. The molecule has 2 atom stereocenters. The van der Waals surface area contributed by atoms with E-state index in [1.54, 1.807) is 0 Å². The molecule has 0 spiro atoms. The highest BCUT2D eigenvalue weighted by molar-refractivity contribution is 7.47. The average Bonchev–Trinajstić information content (AvgIpc) is 3.28. The van der Waals surface area contributed by atoms with Crippen LogP contribution in [0, 0.1) is 0 Å². The Kier molecular flexibility index (Phi) is 50.6. The molecule has 0 bridgehead atoms. The van der Waals surface area contributed by atoms with E-state index in [0.29, 0.717) is 12.8 Å². The van der Waals surface area contributed by atoms with Crippen molar-refractivity contribution < 1.29 is 37.9 Å². The first-order valence-corrected chi connectivity index (χ1v) is 29.5. The molecule has 10 heteroatoms. The second-order valence-electron chi connectivity index (χ2n) is 19.3. The fourth-order valence-corrected chi connectivity index (χ4v) is 9.32. The van der Waals surface area contributed by atoms with Gasteiger partial charge in [0.15, 0.2) is 0 Å². The Balaban J connectivity index is 3.47. The number of amides is 1. The van der Waals surface area contributed by atoms with E-state index < -0.39 is 26.5 Å². The summed E-state index contributed by atoms with van der Waals surface area (Å²) >= 11 is 0. The average molecular weight is 930 g/mol. The molecule has 0 saturated heterocycles. The molecule has 0 saturated carbocycles. The van der Waals surface area contributed by atoms with Crippen LogP contribution < -0.4 is 5.32 Å². The lowest BCUT2D eigenvalue weighted by Gasteiger charge is -2.15. The Morgan fingerprint density at radius 1 is 0.422 bits per heavy atom. The summed E-state index contributed by atoms with van der Waals surface area (Å²) in [6.45, 7) is 3.64. The molecule has 0 aromatic carbocycles. The van der Waals surface area contributed by atoms with Gasteiger partial charge in [0.25, 0.3) is 0 Å². The smallest absolute Gasteiger partial charge is 0.463 e. The molecule has 64 heavy (non-hydrogen) atoms. The zero-order chi connectivity index (χ0) is 46.7. The predicted molar refractivity (Wildman–Crippen MR) is 271 cm³/mol. The van der Waals surface area contributed by atoms with Gasteiger partial charge in [0.05, 0.1) is 13.2 Å². The van der Waals surface area contributed by atoms with Crippen LogP contribution in [0.2, 0.25) is 0 Å². The molecule has 0 radical (unpaired) electrons. The number of rotatable bonds is 54. The largest absolute Gasteiger partial charge is 0.472 e. The van der Waals surface area contributed by atoms with E-state index >= 15 is 0 Å². The molecule has 9 nitrogen and oxygen atoms in total. The summed E-state index contributed by atoms with van der Waals surface area (Å²) in [4.78, 5) is 34.1. The molecule has 0 aliphatic carbocycles. The number of aliphatic hydroxyl groups is 1. The van der Waals surface area contributed by atoms with Gasteiger partial charge in [0.2, 0.25) is 5.91 Å². The van der Waals surface area contributed by atoms with Gasteiger partial charge in [-0.25, -0.2) is 4.57 Å². The van der Waals surface area contributed by atoms with Crippen molar-refractivity contribution in [2.75, 3.05) is 26.4 Å². The molecule has 0 fully saturated rings. The fourth-order valence-electron chi connectivity index (χ4n) is 8.56. The number of carbonyl (C=O) groups is 2. The van der Waals surface area contributed by atoms with Crippen molar-refractivity contribution in [2.45, 2.75) is 309 Å². The van der Waals surface area contributed by atoms with Crippen LogP contribution in [0.5, 0.6) is 0 Å². The van der Waals surface area contributed by atoms with E-state index in [4.69, 9.17) is 13.8 Å². The minimum Gasteiger partial charge on any atom is -0.463 e. The van der Waals surface area contributed by atoms with Crippen molar-refractivity contribution in [3.05, 3.63) is 0 Å².